The molecule has 2 aliphatic rings. The standard InChI is InChI=1S/C13H13BrN2O.C9H5BrClN.C5H10O/c14-10-1-2-12-11(9-10)13(3-4-15-12)16-5-7-17-8-6-16;10-6-1-2-9-7(5-6)8(11)3-4-12-9;1-2-4-6-5-3-1/h1-4,9H,5-8H2;1-5H;1-5H2. The van der Waals surface area contributed by atoms with Crippen molar-refractivity contribution >= 4 is 71.0 Å². The fraction of sp³-hybridized carbons (Fsp3) is 0.333. The zero-order valence-electron chi connectivity index (χ0n) is 19.4. The fourth-order valence-corrected chi connectivity index (χ4v) is 4.89. The molecule has 0 spiro atoms. The zero-order valence-corrected chi connectivity index (χ0v) is 23.4. The molecule has 2 aromatic heterocycles. The topological polar surface area (TPSA) is 47.5 Å². The summed E-state index contributed by atoms with van der Waals surface area (Å²) in [5.74, 6) is 0. The summed E-state index contributed by atoms with van der Waals surface area (Å²) < 4.78 is 12.6. The number of hydrogen-bond acceptors (Lipinski definition) is 5. The summed E-state index contributed by atoms with van der Waals surface area (Å²) in [6.07, 6.45) is 7.51. The number of ether oxygens (including phenoxy) is 2. The number of halogens is 3. The van der Waals surface area contributed by atoms with Gasteiger partial charge in [0.2, 0.25) is 0 Å². The Bertz CT molecular complexity index is 1240. The molecule has 2 fully saturated rings. The Morgan fingerprint density at radius 2 is 1.26 bits per heavy atom. The molecule has 5 nitrogen and oxygen atoms in total. The first-order chi connectivity index (χ1) is 17.1. The maximum Gasteiger partial charge on any atom is 0.0723 e. The van der Waals surface area contributed by atoms with E-state index in [2.05, 4.69) is 58.9 Å². The van der Waals surface area contributed by atoms with E-state index in [0.29, 0.717) is 0 Å². The number of morpholine rings is 1. The lowest BCUT2D eigenvalue weighted by atomic mass is 10.1. The number of rotatable bonds is 1. The smallest absolute Gasteiger partial charge is 0.0723 e. The van der Waals surface area contributed by atoms with E-state index in [1.807, 2.05) is 36.5 Å². The van der Waals surface area contributed by atoms with Gasteiger partial charge in [-0.3, -0.25) is 9.97 Å². The van der Waals surface area contributed by atoms with Crippen molar-refractivity contribution in [3.63, 3.8) is 0 Å². The van der Waals surface area contributed by atoms with Crippen LogP contribution in [-0.4, -0.2) is 49.5 Å². The fourth-order valence-electron chi connectivity index (χ4n) is 3.96. The van der Waals surface area contributed by atoms with Gasteiger partial charge in [0.25, 0.3) is 0 Å². The Morgan fingerprint density at radius 3 is 1.86 bits per heavy atom. The van der Waals surface area contributed by atoms with Crippen LogP contribution in [0, 0.1) is 0 Å². The van der Waals surface area contributed by atoms with Gasteiger partial charge < -0.3 is 14.4 Å². The molecule has 6 rings (SSSR count). The maximum absolute atomic E-state index is 5.97. The number of benzene rings is 2. The van der Waals surface area contributed by atoms with Crippen molar-refractivity contribution in [2.75, 3.05) is 44.4 Å². The Kier molecular flexibility index (Phi) is 10.2. The van der Waals surface area contributed by atoms with Gasteiger partial charge in [0, 0.05) is 64.1 Å². The molecule has 2 aromatic carbocycles. The molecule has 4 aromatic rings. The van der Waals surface area contributed by atoms with Crippen LogP contribution in [0.2, 0.25) is 5.02 Å². The van der Waals surface area contributed by atoms with E-state index in [0.717, 1.165) is 69.9 Å². The highest BCUT2D eigenvalue weighted by atomic mass is 79.9. The molecule has 0 unspecified atom stereocenters. The predicted octanol–water partition coefficient (Wildman–Crippen LogP) is 7.67. The SMILES string of the molecule is Brc1ccc2nccc(N3CCOCC3)c2c1.C1CCOCC1.Clc1ccnc2ccc(Br)cc12. The lowest BCUT2D eigenvalue weighted by Gasteiger charge is -2.29. The summed E-state index contributed by atoms with van der Waals surface area (Å²) >= 11 is 12.9. The van der Waals surface area contributed by atoms with Gasteiger partial charge in [0.15, 0.2) is 0 Å². The highest BCUT2D eigenvalue weighted by molar-refractivity contribution is 9.10. The molecule has 0 atom stereocenters. The average molecular weight is 622 g/mol. The van der Waals surface area contributed by atoms with Crippen molar-refractivity contribution in [1.82, 2.24) is 9.97 Å². The lowest BCUT2D eigenvalue weighted by Crippen LogP contribution is -2.36. The van der Waals surface area contributed by atoms with Crippen molar-refractivity contribution in [1.29, 1.82) is 0 Å². The predicted molar refractivity (Wildman–Crippen MR) is 152 cm³/mol. The number of aromatic nitrogens is 2. The summed E-state index contributed by atoms with van der Waals surface area (Å²) in [6, 6.07) is 15.9. The van der Waals surface area contributed by atoms with Crippen LogP contribution >= 0.6 is 43.5 Å². The van der Waals surface area contributed by atoms with Gasteiger partial charge in [-0.25, -0.2) is 0 Å². The van der Waals surface area contributed by atoms with E-state index in [-0.39, 0.29) is 0 Å². The Labute approximate surface area is 228 Å². The summed E-state index contributed by atoms with van der Waals surface area (Å²) in [6.45, 7) is 5.51. The van der Waals surface area contributed by atoms with E-state index in [9.17, 15) is 0 Å². The van der Waals surface area contributed by atoms with E-state index >= 15 is 0 Å². The molecule has 0 aliphatic carbocycles. The van der Waals surface area contributed by atoms with Gasteiger partial charge in [-0.15, -0.1) is 0 Å². The van der Waals surface area contributed by atoms with Gasteiger partial charge in [-0.05, 0) is 67.8 Å². The van der Waals surface area contributed by atoms with Crippen molar-refractivity contribution < 1.29 is 9.47 Å². The molecule has 8 heteroatoms. The third-order valence-corrected chi connectivity index (χ3v) is 7.08. The van der Waals surface area contributed by atoms with Crippen molar-refractivity contribution in [2.45, 2.75) is 19.3 Å². The molecule has 4 heterocycles. The minimum Gasteiger partial charge on any atom is -0.381 e. The van der Waals surface area contributed by atoms with Crippen LogP contribution < -0.4 is 4.90 Å². The highest BCUT2D eigenvalue weighted by Crippen LogP contribution is 2.28. The number of hydrogen-bond donors (Lipinski definition) is 0. The number of nitrogens with zero attached hydrogens (tertiary/aromatic N) is 3. The Balaban J connectivity index is 0.000000139. The zero-order chi connectivity index (χ0) is 24.5. The first-order valence-corrected chi connectivity index (χ1v) is 13.7. The first kappa shape index (κ1) is 26.3. The molecule has 0 N–H and O–H groups in total. The van der Waals surface area contributed by atoms with Crippen LogP contribution in [0.5, 0.6) is 0 Å². The van der Waals surface area contributed by atoms with E-state index in [4.69, 9.17) is 21.1 Å². The number of fused-ring (bicyclic) bond motifs is 2. The van der Waals surface area contributed by atoms with Crippen molar-refractivity contribution in [3.05, 3.63) is 74.9 Å². The number of anilines is 1. The van der Waals surface area contributed by atoms with Crippen LogP contribution in [0.3, 0.4) is 0 Å². The van der Waals surface area contributed by atoms with Gasteiger partial charge in [0.1, 0.15) is 0 Å². The second-order valence-electron chi connectivity index (χ2n) is 8.22. The molecular formula is C27H28Br2ClN3O2. The molecule has 0 saturated carbocycles. The molecule has 2 saturated heterocycles. The Morgan fingerprint density at radius 1 is 0.686 bits per heavy atom. The highest BCUT2D eigenvalue weighted by Gasteiger charge is 2.14. The quantitative estimate of drug-likeness (QED) is 0.218. The van der Waals surface area contributed by atoms with E-state index < -0.39 is 0 Å². The monoisotopic (exact) mass is 619 g/mol. The first-order valence-electron chi connectivity index (χ1n) is 11.8. The second kappa shape index (κ2) is 13.5. The molecule has 2 aliphatic heterocycles. The summed E-state index contributed by atoms with van der Waals surface area (Å²) in [4.78, 5) is 10.9. The van der Waals surface area contributed by atoms with Gasteiger partial charge >= 0.3 is 0 Å². The van der Waals surface area contributed by atoms with Crippen molar-refractivity contribution in [3.8, 4) is 0 Å². The lowest BCUT2D eigenvalue weighted by molar-refractivity contribution is 0.0968. The second-order valence-corrected chi connectivity index (χ2v) is 10.5. The average Bonchev–Trinajstić information content (AvgIpc) is 2.91. The van der Waals surface area contributed by atoms with Gasteiger partial charge in [-0.1, -0.05) is 43.5 Å². The molecule has 0 amide bonds. The normalized spacial score (nSPS) is 15.7. The molecule has 0 bridgehead atoms. The van der Waals surface area contributed by atoms with E-state index in [1.54, 1.807) is 12.3 Å². The minimum atomic E-state index is 0.737. The van der Waals surface area contributed by atoms with Crippen LogP contribution in [0.15, 0.2) is 69.9 Å². The largest absolute Gasteiger partial charge is 0.381 e. The van der Waals surface area contributed by atoms with E-state index in [1.165, 1.54) is 30.3 Å². The molecular weight excluding hydrogens is 594 g/mol. The third-order valence-electron chi connectivity index (χ3n) is 5.76. The van der Waals surface area contributed by atoms with Crippen molar-refractivity contribution in [2.24, 2.45) is 0 Å². The van der Waals surface area contributed by atoms with Gasteiger partial charge in [-0.2, -0.15) is 0 Å². The summed E-state index contributed by atoms with van der Waals surface area (Å²) in [5, 5.41) is 2.92. The molecule has 0 radical (unpaired) electrons. The molecule has 184 valence electrons. The minimum absolute atomic E-state index is 0.737. The van der Waals surface area contributed by atoms with Gasteiger partial charge in [0.05, 0.1) is 29.3 Å². The summed E-state index contributed by atoms with van der Waals surface area (Å²) in [7, 11) is 0. The number of pyridine rings is 2. The Hall–Kier alpha value is -1.77. The van der Waals surface area contributed by atoms with Crippen LogP contribution in [0.1, 0.15) is 19.3 Å². The van der Waals surface area contributed by atoms with Crippen LogP contribution in [-0.2, 0) is 9.47 Å². The summed E-state index contributed by atoms with van der Waals surface area (Å²) in [5.41, 5.74) is 3.21. The third kappa shape index (κ3) is 7.61. The van der Waals surface area contributed by atoms with Crippen LogP contribution in [0.4, 0.5) is 5.69 Å². The van der Waals surface area contributed by atoms with Crippen LogP contribution in [0.25, 0.3) is 21.8 Å². The molecule has 35 heavy (non-hydrogen) atoms. The maximum atomic E-state index is 5.97.